The third kappa shape index (κ3) is 1.70. The fraction of sp³-hybridized carbons (Fsp3) is 1.00. The van der Waals surface area contributed by atoms with Gasteiger partial charge in [-0.3, -0.25) is 0 Å². The smallest absolute Gasteiger partial charge is 0.0864 e. The van der Waals surface area contributed by atoms with Crippen LogP contribution in [0.2, 0.25) is 0 Å². The summed E-state index contributed by atoms with van der Waals surface area (Å²) >= 11 is 0. The van der Waals surface area contributed by atoms with Gasteiger partial charge in [0, 0.05) is 13.1 Å². The van der Waals surface area contributed by atoms with Gasteiger partial charge in [0.25, 0.3) is 0 Å². The van der Waals surface area contributed by atoms with E-state index in [9.17, 15) is 0 Å². The highest BCUT2D eigenvalue weighted by atomic mass is 16.5. The van der Waals surface area contributed by atoms with Crippen molar-refractivity contribution in [1.82, 2.24) is 5.32 Å². The zero-order valence-corrected chi connectivity index (χ0v) is 11.5. The van der Waals surface area contributed by atoms with E-state index in [2.05, 4.69) is 39.9 Å². The van der Waals surface area contributed by atoms with Crippen LogP contribution < -0.4 is 5.32 Å². The van der Waals surface area contributed by atoms with Crippen LogP contribution in [0.5, 0.6) is 0 Å². The summed E-state index contributed by atoms with van der Waals surface area (Å²) in [6, 6.07) is 0. The highest BCUT2D eigenvalue weighted by molar-refractivity contribution is 5.06. The first-order valence-electron chi connectivity index (χ1n) is 6.72. The van der Waals surface area contributed by atoms with Gasteiger partial charge in [-0.1, -0.05) is 27.7 Å². The molecule has 1 saturated carbocycles. The second-order valence-electron chi connectivity index (χ2n) is 6.90. The molecule has 16 heavy (non-hydrogen) atoms. The Morgan fingerprint density at radius 2 is 1.75 bits per heavy atom. The molecule has 2 nitrogen and oxygen atoms in total. The van der Waals surface area contributed by atoms with Crippen molar-refractivity contribution in [1.29, 1.82) is 0 Å². The van der Waals surface area contributed by atoms with Crippen LogP contribution in [0.3, 0.4) is 0 Å². The standard InChI is InChI=1S/C14H27NO/c1-11(2)13(5)9-15-10-14(16-13)8-6-7-12(14,3)4/h11,15H,6-10H2,1-5H3. The fourth-order valence-corrected chi connectivity index (χ4v) is 3.25. The third-order valence-electron chi connectivity index (χ3n) is 5.15. The molecule has 1 aliphatic carbocycles. The average molecular weight is 225 g/mol. The minimum absolute atomic E-state index is 0.000139. The molecule has 2 fully saturated rings. The maximum Gasteiger partial charge on any atom is 0.0864 e. The van der Waals surface area contributed by atoms with Crippen LogP contribution in [0.15, 0.2) is 0 Å². The summed E-state index contributed by atoms with van der Waals surface area (Å²) in [6.45, 7) is 13.6. The van der Waals surface area contributed by atoms with Crippen molar-refractivity contribution in [3.8, 4) is 0 Å². The van der Waals surface area contributed by atoms with E-state index in [0.29, 0.717) is 11.3 Å². The van der Waals surface area contributed by atoms with E-state index in [1.54, 1.807) is 0 Å². The van der Waals surface area contributed by atoms with Crippen LogP contribution in [-0.4, -0.2) is 24.3 Å². The molecule has 1 heterocycles. The predicted molar refractivity (Wildman–Crippen MR) is 67.6 cm³/mol. The third-order valence-corrected chi connectivity index (χ3v) is 5.15. The summed E-state index contributed by atoms with van der Waals surface area (Å²) in [7, 11) is 0. The molecule has 2 rings (SSSR count). The lowest BCUT2D eigenvalue weighted by atomic mass is 9.75. The number of rotatable bonds is 1. The zero-order chi connectivity index (χ0) is 12.0. The SMILES string of the molecule is CC(C)C1(C)CNCC2(CCCC2(C)C)O1. The molecule has 94 valence electrons. The van der Waals surface area contributed by atoms with E-state index >= 15 is 0 Å². The zero-order valence-electron chi connectivity index (χ0n) is 11.5. The van der Waals surface area contributed by atoms with Crippen molar-refractivity contribution >= 4 is 0 Å². The molecule has 1 saturated heterocycles. The Kier molecular flexibility index (Phi) is 2.87. The van der Waals surface area contributed by atoms with Gasteiger partial charge in [0.05, 0.1) is 11.2 Å². The molecule has 0 aromatic carbocycles. The van der Waals surface area contributed by atoms with Crippen molar-refractivity contribution in [2.24, 2.45) is 11.3 Å². The molecule has 0 aromatic heterocycles. The van der Waals surface area contributed by atoms with Gasteiger partial charge in [0.1, 0.15) is 0 Å². The Labute approximate surface area is 100 Å². The molecule has 0 amide bonds. The summed E-state index contributed by atoms with van der Waals surface area (Å²) in [5, 5.41) is 3.62. The molecule has 1 aliphatic heterocycles. The molecule has 1 spiro atoms. The molecule has 1 N–H and O–H groups in total. The number of hydrogen-bond acceptors (Lipinski definition) is 2. The molecule has 2 atom stereocenters. The predicted octanol–water partition coefficient (Wildman–Crippen LogP) is 2.97. The number of ether oxygens (including phenoxy) is 1. The van der Waals surface area contributed by atoms with Crippen LogP contribution >= 0.6 is 0 Å². The second kappa shape index (κ2) is 3.71. The van der Waals surface area contributed by atoms with Crippen LogP contribution in [-0.2, 0) is 4.74 Å². The van der Waals surface area contributed by atoms with Gasteiger partial charge in [-0.25, -0.2) is 0 Å². The van der Waals surface area contributed by atoms with Crippen molar-refractivity contribution in [2.75, 3.05) is 13.1 Å². The highest BCUT2D eigenvalue weighted by Crippen LogP contribution is 2.51. The van der Waals surface area contributed by atoms with Crippen molar-refractivity contribution in [3.63, 3.8) is 0 Å². The lowest BCUT2D eigenvalue weighted by molar-refractivity contribution is -0.221. The van der Waals surface area contributed by atoms with E-state index in [-0.39, 0.29) is 11.2 Å². The number of hydrogen-bond donors (Lipinski definition) is 1. The fourth-order valence-electron chi connectivity index (χ4n) is 3.25. The Morgan fingerprint density at radius 1 is 1.06 bits per heavy atom. The molecular formula is C14H27NO. The van der Waals surface area contributed by atoms with Crippen LogP contribution in [0.1, 0.15) is 53.9 Å². The van der Waals surface area contributed by atoms with Crippen LogP contribution in [0.4, 0.5) is 0 Å². The molecule has 0 bridgehead atoms. The van der Waals surface area contributed by atoms with Gasteiger partial charge in [0.2, 0.25) is 0 Å². The molecule has 2 unspecified atom stereocenters. The number of nitrogens with one attached hydrogen (secondary N) is 1. The first-order chi connectivity index (χ1) is 7.31. The summed E-state index contributed by atoms with van der Waals surface area (Å²) in [5.41, 5.74) is 0.390. The lowest BCUT2D eigenvalue weighted by Gasteiger charge is -2.53. The van der Waals surface area contributed by atoms with Crippen LogP contribution in [0.25, 0.3) is 0 Å². The maximum atomic E-state index is 6.64. The summed E-state index contributed by atoms with van der Waals surface area (Å²) < 4.78 is 6.64. The Morgan fingerprint density at radius 3 is 2.25 bits per heavy atom. The van der Waals surface area contributed by atoms with Crippen molar-refractivity contribution in [3.05, 3.63) is 0 Å². The number of morpholine rings is 1. The Balaban J connectivity index is 2.24. The first kappa shape index (κ1) is 12.4. The molecule has 2 heteroatoms. The van der Waals surface area contributed by atoms with Crippen LogP contribution in [0, 0.1) is 11.3 Å². The first-order valence-corrected chi connectivity index (χ1v) is 6.72. The highest BCUT2D eigenvalue weighted by Gasteiger charge is 2.55. The van der Waals surface area contributed by atoms with Gasteiger partial charge in [0.15, 0.2) is 0 Å². The summed E-state index contributed by atoms with van der Waals surface area (Å²) in [4.78, 5) is 0. The molecular weight excluding hydrogens is 198 g/mol. The van der Waals surface area contributed by atoms with Gasteiger partial charge < -0.3 is 10.1 Å². The Bertz CT molecular complexity index is 274. The van der Waals surface area contributed by atoms with Gasteiger partial charge in [-0.05, 0) is 37.5 Å². The van der Waals surface area contributed by atoms with E-state index < -0.39 is 0 Å². The van der Waals surface area contributed by atoms with Gasteiger partial charge in [-0.2, -0.15) is 0 Å². The Hall–Kier alpha value is -0.0800. The monoisotopic (exact) mass is 225 g/mol. The van der Waals surface area contributed by atoms with Gasteiger partial charge >= 0.3 is 0 Å². The minimum Gasteiger partial charge on any atom is -0.365 e. The summed E-state index contributed by atoms with van der Waals surface area (Å²) in [5.74, 6) is 0.563. The van der Waals surface area contributed by atoms with E-state index in [4.69, 9.17) is 4.74 Å². The topological polar surface area (TPSA) is 21.3 Å². The molecule has 0 aromatic rings. The van der Waals surface area contributed by atoms with E-state index in [1.807, 2.05) is 0 Å². The molecule has 2 aliphatic rings. The normalized spacial score (nSPS) is 43.1. The minimum atomic E-state index is -0.000139. The maximum absolute atomic E-state index is 6.64. The molecule has 0 radical (unpaired) electrons. The summed E-state index contributed by atoms with van der Waals surface area (Å²) in [6.07, 6.45) is 3.82. The quantitative estimate of drug-likeness (QED) is 0.741. The largest absolute Gasteiger partial charge is 0.365 e. The van der Waals surface area contributed by atoms with E-state index in [0.717, 1.165) is 13.1 Å². The van der Waals surface area contributed by atoms with Gasteiger partial charge in [-0.15, -0.1) is 0 Å². The average Bonchev–Trinajstić information content (AvgIpc) is 2.42. The lowest BCUT2D eigenvalue weighted by Crippen LogP contribution is -2.64. The van der Waals surface area contributed by atoms with E-state index in [1.165, 1.54) is 19.3 Å². The van der Waals surface area contributed by atoms with Crippen molar-refractivity contribution in [2.45, 2.75) is 65.1 Å². The second-order valence-corrected chi connectivity index (χ2v) is 6.90. The van der Waals surface area contributed by atoms with Crippen molar-refractivity contribution < 1.29 is 4.74 Å².